The van der Waals surface area contributed by atoms with E-state index in [1.54, 1.807) is 12.3 Å². The molecule has 1 aromatic heterocycles. The van der Waals surface area contributed by atoms with Gasteiger partial charge in [0.05, 0.1) is 0 Å². The van der Waals surface area contributed by atoms with E-state index in [9.17, 15) is 13.6 Å². The minimum atomic E-state index is -0.466. The van der Waals surface area contributed by atoms with Crippen LogP contribution in [0.5, 0.6) is 0 Å². The van der Waals surface area contributed by atoms with Gasteiger partial charge in [0, 0.05) is 36.2 Å². The molecule has 0 N–H and O–H groups in total. The summed E-state index contributed by atoms with van der Waals surface area (Å²) in [6.07, 6.45) is 3.51. The summed E-state index contributed by atoms with van der Waals surface area (Å²) < 4.78 is 27.3. The molecule has 2 aromatic rings. The molecule has 0 aliphatic heterocycles. The Morgan fingerprint density at radius 1 is 1.18 bits per heavy atom. The number of Topliss-reactive ketones (excluding diaryl/α,β-unsaturated/α-hetero) is 1. The molecule has 0 unspecified atom stereocenters. The van der Waals surface area contributed by atoms with Crippen molar-refractivity contribution in [3.8, 4) is 11.1 Å². The average molecular weight is 301 g/mol. The zero-order chi connectivity index (χ0) is 15.7. The second-order valence-corrected chi connectivity index (χ2v) is 5.96. The van der Waals surface area contributed by atoms with Crippen molar-refractivity contribution >= 4 is 5.78 Å². The second-order valence-electron chi connectivity index (χ2n) is 5.96. The SMILES string of the molecule is C[C@@H]1CC(=O)CC[C@H]1c1cc(-c2cc(F)ccc2F)ccn1. The van der Waals surface area contributed by atoms with Gasteiger partial charge in [0.2, 0.25) is 0 Å². The van der Waals surface area contributed by atoms with E-state index < -0.39 is 11.6 Å². The Balaban J connectivity index is 1.96. The van der Waals surface area contributed by atoms with Crippen LogP contribution in [0.2, 0.25) is 0 Å². The summed E-state index contributed by atoms with van der Waals surface area (Å²) in [5, 5.41) is 0. The van der Waals surface area contributed by atoms with E-state index in [0.717, 1.165) is 24.2 Å². The van der Waals surface area contributed by atoms with Gasteiger partial charge in [-0.1, -0.05) is 6.92 Å². The first-order valence-electron chi connectivity index (χ1n) is 7.47. The van der Waals surface area contributed by atoms with Gasteiger partial charge in [-0.3, -0.25) is 9.78 Å². The molecule has 4 heteroatoms. The number of hydrogen-bond acceptors (Lipinski definition) is 2. The molecule has 0 amide bonds. The van der Waals surface area contributed by atoms with Gasteiger partial charge in [-0.25, -0.2) is 8.78 Å². The molecular weight excluding hydrogens is 284 g/mol. The van der Waals surface area contributed by atoms with E-state index >= 15 is 0 Å². The van der Waals surface area contributed by atoms with Crippen LogP contribution in [0.25, 0.3) is 11.1 Å². The number of hydrogen-bond donors (Lipinski definition) is 0. The molecule has 0 spiro atoms. The number of aromatic nitrogens is 1. The predicted octanol–water partition coefficient (Wildman–Crippen LogP) is 4.50. The largest absolute Gasteiger partial charge is 0.300 e. The highest BCUT2D eigenvalue weighted by molar-refractivity contribution is 5.79. The smallest absolute Gasteiger partial charge is 0.133 e. The normalized spacial score (nSPS) is 21.9. The number of rotatable bonds is 2. The number of nitrogens with zero attached hydrogens (tertiary/aromatic N) is 1. The molecule has 1 aliphatic carbocycles. The van der Waals surface area contributed by atoms with E-state index in [2.05, 4.69) is 4.98 Å². The van der Waals surface area contributed by atoms with Gasteiger partial charge in [0.25, 0.3) is 0 Å². The zero-order valence-corrected chi connectivity index (χ0v) is 12.4. The van der Waals surface area contributed by atoms with Crippen LogP contribution in [-0.2, 0) is 4.79 Å². The lowest BCUT2D eigenvalue weighted by Crippen LogP contribution is -2.21. The molecular formula is C18H17F2NO. The van der Waals surface area contributed by atoms with Crippen LogP contribution in [-0.4, -0.2) is 10.8 Å². The number of ketones is 1. The molecule has 1 fully saturated rings. The van der Waals surface area contributed by atoms with E-state index in [1.807, 2.05) is 13.0 Å². The lowest BCUT2D eigenvalue weighted by Gasteiger charge is -2.27. The monoisotopic (exact) mass is 301 g/mol. The zero-order valence-electron chi connectivity index (χ0n) is 12.4. The summed E-state index contributed by atoms with van der Waals surface area (Å²) in [6.45, 7) is 2.04. The third-order valence-corrected chi connectivity index (χ3v) is 4.37. The quantitative estimate of drug-likeness (QED) is 0.817. The summed E-state index contributed by atoms with van der Waals surface area (Å²) in [5.41, 5.74) is 1.70. The van der Waals surface area contributed by atoms with Gasteiger partial charge in [-0.05, 0) is 48.2 Å². The highest BCUT2D eigenvalue weighted by atomic mass is 19.1. The molecule has 0 saturated heterocycles. The van der Waals surface area contributed by atoms with Gasteiger partial charge >= 0.3 is 0 Å². The third kappa shape index (κ3) is 2.91. The molecule has 1 aliphatic rings. The summed E-state index contributed by atoms with van der Waals surface area (Å²) in [4.78, 5) is 15.9. The fraction of sp³-hybridized carbons (Fsp3) is 0.333. The number of pyridine rings is 1. The van der Waals surface area contributed by atoms with Crippen molar-refractivity contribution in [2.75, 3.05) is 0 Å². The summed E-state index contributed by atoms with van der Waals surface area (Å²) in [6, 6.07) is 6.93. The number of carbonyl (C=O) groups excluding carboxylic acids is 1. The van der Waals surface area contributed by atoms with E-state index in [0.29, 0.717) is 18.4 Å². The van der Waals surface area contributed by atoms with Crippen molar-refractivity contribution in [3.63, 3.8) is 0 Å². The Hall–Kier alpha value is -2.10. The van der Waals surface area contributed by atoms with Crippen LogP contribution in [0.3, 0.4) is 0 Å². The minimum Gasteiger partial charge on any atom is -0.300 e. The second kappa shape index (κ2) is 5.95. The first-order valence-corrected chi connectivity index (χ1v) is 7.47. The maximum absolute atomic E-state index is 13.9. The fourth-order valence-electron chi connectivity index (χ4n) is 3.18. The maximum Gasteiger partial charge on any atom is 0.133 e. The molecule has 1 heterocycles. The van der Waals surface area contributed by atoms with Crippen LogP contribution >= 0.6 is 0 Å². The van der Waals surface area contributed by atoms with Gasteiger partial charge in [0.1, 0.15) is 17.4 Å². The van der Waals surface area contributed by atoms with Crippen molar-refractivity contribution in [1.29, 1.82) is 0 Å². The highest BCUT2D eigenvalue weighted by Gasteiger charge is 2.28. The molecule has 0 bridgehead atoms. The number of benzene rings is 1. The molecule has 3 rings (SSSR count). The maximum atomic E-state index is 13.9. The molecule has 2 atom stereocenters. The van der Waals surface area contributed by atoms with Crippen LogP contribution in [0.15, 0.2) is 36.5 Å². The summed E-state index contributed by atoms with van der Waals surface area (Å²) >= 11 is 0. The first kappa shape index (κ1) is 14.8. The molecule has 0 radical (unpaired) electrons. The summed E-state index contributed by atoms with van der Waals surface area (Å²) in [7, 11) is 0. The Morgan fingerprint density at radius 2 is 2.00 bits per heavy atom. The van der Waals surface area contributed by atoms with Crippen molar-refractivity contribution in [3.05, 3.63) is 53.9 Å². The van der Waals surface area contributed by atoms with Crippen molar-refractivity contribution in [2.24, 2.45) is 5.92 Å². The molecule has 2 nitrogen and oxygen atoms in total. The number of halogens is 2. The van der Waals surface area contributed by atoms with Gasteiger partial charge < -0.3 is 0 Å². The molecule has 114 valence electrons. The average Bonchev–Trinajstić information content (AvgIpc) is 2.50. The summed E-state index contributed by atoms with van der Waals surface area (Å²) in [5.74, 6) is -0.219. The highest BCUT2D eigenvalue weighted by Crippen LogP contribution is 2.36. The minimum absolute atomic E-state index is 0.189. The van der Waals surface area contributed by atoms with Crippen molar-refractivity contribution in [1.82, 2.24) is 4.98 Å². The lowest BCUT2D eigenvalue weighted by molar-refractivity contribution is -0.121. The van der Waals surface area contributed by atoms with Crippen LogP contribution in [0.4, 0.5) is 8.78 Å². The Kier molecular flexibility index (Phi) is 4.01. The lowest BCUT2D eigenvalue weighted by atomic mass is 9.77. The van der Waals surface area contributed by atoms with Crippen LogP contribution < -0.4 is 0 Å². The van der Waals surface area contributed by atoms with Crippen LogP contribution in [0, 0.1) is 17.6 Å². The van der Waals surface area contributed by atoms with E-state index in [-0.39, 0.29) is 23.2 Å². The Morgan fingerprint density at radius 3 is 2.77 bits per heavy atom. The molecule has 1 aromatic carbocycles. The van der Waals surface area contributed by atoms with Gasteiger partial charge in [-0.2, -0.15) is 0 Å². The number of carbonyl (C=O) groups is 1. The standard InChI is InChI=1S/C18H17F2NO/c1-11-8-14(22)3-4-15(11)18-9-12(6-7-21-18)16-10-13(19)2-5-17(16)20/h2,5-7,9-11,15H,3-4,8H2,1H3/t11-,15-/m1/s1. The Bertz CT molecular complexity index is 714. The van der Waals surface area contributed by atoms with Crippen molar-refractivity contribution < 1.29 is 13.6 Å². The van der Waals surface area contributed by atoms with E-state index in [1.165, 1.54) is 6.07 Å². The molecule has 1 saturated carbocycles. The van der Waals surface area contributed by atoms with Crippen LogP contribution in [0.1, 0.15) is 37.8 Å². The van der Waals surface area contributed by atoms with Gasteiger partial charge in [0.15, 0.2) is 0 Å². The predicted molar refractivity (Wildman–Crippen MR) is 80.4 cm³/mol. The third-order valence-electron chi connectivity index (χ3n) is 4.37. The fourth-order valence-corrected chi connectivity index (χ4v) is 3.18. The topological polar surface area (TPSA) is 30.0 Å². The molecule has 22 heavy (non-hydrogen) atoms. The van der Waals surface area contributed by atoms with Gasteiger partial charge in [-0.15, -0.1) is 0 Å². The van der Waals surface area contributed by atoms with Crippen molar-refractivity contribution in [2.45, 2.75) is 32.1 Å². The van der Waals surface area contributed by atoms with E-state index in [4.69, 9.17) is 0 Å². The first-order chi connectivity index (χ1) is 10.5. The Labute approximate surface area is 128 Å².